The molecule has 5 nitrogen and oxygen atoms in total. The first-order chi connectivity index (χ1) is 16.0. The van der Waals surface area contributed by atoms with Crippen LogP contribution in [0.15, 0.2) is 83.7 Å². The molecule has 33 heavy (non-hydrogen) atoms. The Morgan fingerprint density at radius 1 is 0.909 bits per heavy atom. The van der Waals surface area contributed by atoms with Gasteiger partial charge in [-0.15, -0.1) is 0 Å². The lowest BCUT2D eigenvalue weighted by molar-refractivity contribution is 0.842. The highest BCUT2D eigenvalue weighted by molar-refractivity contribution is 6.30. The maximum absolute atomic E-state index is 13.7. The van der Waals surface area contributed by atoms with Crippen LogP contribution in [0.2, 0.25) is 5.02 Å². The Morgan fingerprint density at radius 3 is 2.36 bits per heavy atom. The van der Waals surface area contributed by atoms with E-state index in [4.69, 9.17) is 16.7 Å². The maximum atomic E-state index is 13.7. The molecule has 1 N–H and O–H groups in total. The second kappa shape index (κ2) is 7.36. The van der Waals surface area contributed by atoms with Crippen LogP contribution in [0.4, 0.5) is 11.5 Å². The van der Waals surface area contributed by atoms with Crippen LogP contribution in [0.3, 0.4) is 0 Å². The number of aromatic nitrogens is 3. The lowest BCUT2D eigenvalue weighted by Crippen LogP contribution is -2.29. The third-order valence-electron chi connectivity index (χ3n) is 6.47. The predicted molar refractivity (Wildman–Crippen MR) is 133 cm³/mol. The molecule has 0 saturated carbocycles. The molecular weight excluding hydrogens is 432 g/mol. The van der Waals surface area contributed by atoms with Crippen LogP contribution < -0.4 is 10.9 Å². The molecular formula is C27H21ClN4O. The van der Waals surface area contributed by atoms with Crippen LogP contribution in [-0.4, -0.2) is 14.3 Å². The summed E-state index contributed by atoms with van der Waals surface area (Å²) in [7, 11) is 1.83. The molecule has 1 atom stereocenters. The topological polar surface area (TPSA) is 51.9 Å². The van der Waals surface area contributed by atoms with Gasteiger partial charge in [0.05, 0.1) is 28.1 Å². The standard InChI is InChI=1S/C27H21ClN4O/c1-16-22-23(17-12-14-18(28)15-13-17)24-25(20-10-6-7-11-21(20)31(2)27(24)33)29-26(22)32(30-16)19-8-4-3-5-9-19/h3-15,23,29H,1-2H3/t23-/m0/s1. The molecule has 0 spiro atoms. The molecule has 0 amide bonds. The van der Waals surface area contributed by atoms with Gasteiger partial charge in [-0.25, -0.2) is 4.68 Å². The summed E-state index contributed by atoms with van der Waals surface area (Å²) in [6.07, 6.45) is 0. The van der Waals surface area contributed by atoms with Gasteiger partial charge in [0.1, 0.15) is 5.82 Å². The summed E-state index contributed by atoms with van der Waals surface area (Å²) in [5.41, 5.74) is 6.26. The van der Waals surface area contributed by atoms with Gasteiger partial charge in [-0.1, -0.05) is 60.1 Å². The molecule has 6 rings (SSSR count). The van der Waals surface area contributed by atoms with Gasteiger partial charge in [-0.05, 0) is 42.8 Å². The molecule has 0 radical (unpaired) electrons. The van der Waals surface area contributed by atoms with Crippen molar-refractivity contribution in [3.63, 3.8) is 0 Å². The molecule has 1 aliphatic rings. The lowest BCUT2D eigenvalue weighted by atomic mass is 9.81. The molecule has 3 heterocycles. The molecule has 0 bridgehead atoms. The number of para-hydroxylation sites is 2. The first-order valence-corrected chi connectivity index (χ1v) is 11.2. The Labute approximate surface area is 195 Å². The van der Waals surface area contributed by atoms with E-state index in [-0.39, 0.29) is 11.5 Å². The fourth-order valence-electron chi connectivity index (χ4n) is 4.93. The van der Waals surface area contributed by atoms with Crippen LogP contribution in [0.5, 0.6) is 0 Å². The number of halogens is 1. The summed E-state index contributed by atoms with van der Waals surface area (Å²) in [6.45, 7) is 2.00. The summed E-state index contributed by atoms with van der Waals surface area (Å²) in [4.78, 5) is 13.7. The number of fused-ring (bicyclic) bond motifs is 4. The largest absolute Gasteiger partial charge is 0.339 e. The van der Waals surface area contributed by atoms with Gasteiger partial charge in [0.15, 0.2) is 0 Å². The Bertz CT molecular complexity index is 1580. The number of hydrogen-bond acceptors (Lipinski definition) is 3. The highest BCUT2D eigenvalue weighted by Crippen LogP contribution is 2.47. The fourth-order valence-corrected chi connectivity index (χ4v) is 5.06. The zero-order valence-electron chi connectivity index (χ0n) is 18.2. The molecule has 2 aromatic heterocycles. The van der Waals surface area contributed by atoms with Crippen LogP contribution in [0.1, 0.15) is 28.3 Å². The van der Waals surface area contributed by atoms with E-state index < -0.39 is 0 Å². The number of benzene rings is 3. The van der Waals surface area contributed by atoms with E-state index in [2.05, 4.69) is 11.4 Å². The number of nitrogens with zero attached hydrogens (tertiary/aromatic N) is 3. The van der Waals surface area contributed by atoms with E-state index in [1.165, 1.54) is 0 Å². The maximum Gasteiger partial charge on any atom is 0.257 e. The van der Waals surface area contributed by atoms with Gasteiger partial charge in [-0.2, -0.15) is 5.10 Å². The Kier molecular flexibility index (Phi) is 4.42. The molecule has 0 aliphatic carbocycles. The van der Waals surface area contributed by atoms with E-state index in [1.54, 1.807) is 4.57 Å². The number of anilines is 2. The Morgan fingerprint density at radius 2 is 1.61 bits per heavy atom. The third-order valence-corrected chi connectivity index (χ3v) is 6.72. The fraction of sp³-hybridized carbons (Fsp3) is 0.111. The zero-order chi connectivity index (χ0) is 22.7. The van der Waals surface area contributed by atoms with Crippen molar-refractivity contribution in [1.29, 1.82) is 0 Å². The van der Waals surface area contributed by atoms with Gasteiger partial charge in [0, 0.05) is 28.9 Å². The van der Waals surface area contributed by atoms with Gasteiger partial charge in [0.25, 0.3) is 5.56 Å². The summed E-state index contributed by atoms with van der Waals surface area (Å²) < 4.78 is 3.67. The third kappa shape index (κ3) is 2.93. The van der Waals surface area contributed by atoms with Crippen molar-refractivity contribution in [2.75, 3.05) is 5.32 Å². The zero-order valence-corrected chi connectivity index (χ0v) is 19.0. The van der Waals surface area contributed by atoms with Crippen molar-refractivity contribution in [1.82, 2.24) is 14.3 Å². The van der Waals surface area contributed by atoms with Crippen LogP contribution >= 0.6 is 11.6 Å². The SMILES string of the molecule is Cc1nn(-c2ccccc2)c2c1[C@H](c1ccc(Cl)cc1)c1c(c3ccccc3n(C)c1=O)N2. The number of rotatable bonds is 2. The first kappa shape index (κ1) is 19.8. The monoisotopic (exact) mass is 452 g/mol. The van der Waals surface area contributed by atoms with E-state index in [0.29, 0.717) is 5.02 Å². The first-order valence-electron chi connectivity index (χ1n) is 10.8. The van der Waals surface area contributed by atoms with E-state index >= 15 is 0 Å². The number of hydrogen-bond donors (Lipinski definition) is 1. The van der Waals surface area contributed by atoms with Crippen molar-refractivity contribution in [3.05, 3.63) is 117 Å². The summed E-state index contributed by atoms with van der Waals surface area (Å²) in [5.74, 6) is 0.610. The molecule has 3 aromatic carbocycles. The van der Waals surface area contributed by atoms with Gasteiger partial charge in [-0.3, -0.25) is 4.79 Å². The van der Waals surface area contributed by atoms with E-state index in [1.807, 2.05) is 91.4 Å². The van der Waals surface area contributed by atoms with Crippen molar-refractivity contribution in [3.8, 4) is 5.69 Å². The summed E-state index contributed by atoms with van der Waals surface area (Å²) in [6, 6.07) is 25.8. The van der Waals surface area contributed by atoms with Crippen LogP contribution in [0, 0.1) is 6.92 Å². The van der Waals surface area contributed by atoms with E-state index in [0.717, 1.165) is 50.5 Å². The van der Waals surface area contributed by atoms with Crippen molar-refractivity contribution < 1.29 is 0 Å². The smallest absolute Gasteiger partial charge is 0.257 e. The molecule has 6 heteroatoms. The quantitative estimate of drug-likeness (QED) is 0.354. The Hall–Kier alpha value is -3.83. The van der Waals surface area contributed by atoms with Crippen molar-refractivity contribution in [2.45, 2.75) is 12.8 Å². The summed E-state index contributed by atoms with van der Waals surface area (Å²) >= 11 is 6.21. The second-order valence-electron chi connectivity index (χ2n) is 8.37. The number of nitrogens with one attached hydrogen (secondary N) is 1. The average Bonchev–Trinajstić information content (AvgIpc) is 3.18. The summed E-state index contributed by atoms with van der Waals surface area (Å²) in [5, 5.41) is 10.2. The molecule has 162 valence electrons. The Balaban J connectivity index is 1.73. The van der Waals surface area contributed by atoms with E-state index in [9.17, 15) is 4.79 Å². The average molecular weight is 453 g/mol. The minimum Gasteiger partial charge on any atom is -0.339 e. The number of aryl methyl sites for hydroxylation is 2. The molecule has 5 aromatic rings. The van der Waals surface area contributed by atoms with Crippen LogP contribution in [0.25, 0.3) is 16.6 Å². The minimum atomic E-state index is -0.269. The van der Waals surface area contributed by atoms with Crippen molar-refractivity contribution in [2.24, 2.45) is 7.05 Å². The van der Waals surface area contributed by atoms with Gasteiger partial charge >= 0.3 is 0 Å². The normalized spacial score (nSPS) is 14.6. The highest BCUT2D eigenvalue weighted by atomic mass is 35.5. The predicted octanol–water partition coefficient (Wildman–Crippen LogP) is 5.92. The highest BCUT2D eigenvalue weighted by Gasteiger charge is 2.36. The van der Waals surface area contributed by atoms with Crippen LogP contribution in [-0.2, 0) is 7.05 Å². The lowest BCUT2D eigenvalue weighted by Gasteiger charge is -2.29. The van der Waals surface area contributed by atoms with Gasteiger partial charge < -0.3 is 9.88 Å². The minimum absolute atomic E-state index is 0.0198. The number of pyridine rings is 1. The van der Waals surface area contributed by atoms with Crippen molar-refractivity contribution >= 4 is 34.0 Å². The molecule has 0 saturated heterocycles. The second-order valence-corrected chi connectivity index (χ2v) is 8.81. The molecule has 1 aliphatic heterocycles. The molecule has 0 fully saturated rings. The molecule has 0 unspecified atom stereocenters. The van der Waals surface area contributed by atoms with Gasteiger partial charge in [0.2, 0.25) is 0 Å².